The zero-order chi connectivity index (χ0) is 24.0. The van der Waals surface area contributed by atoms with Gasteiger partial charge in [-0.15, -0.1) is 0 Å². The van der Waals surface area contributed by atoms with Gasteiger partial charge in [0.05, 0.1) is 5.56 Å². The van der Waals surface area contributed by atoms with Crippen molar-refractivity contribution < 1.29 is 18.0 Å². The first-order valence-corrected chi connectivity index (χ1v) is 12.0. The Bertz CT molecular complexity index is 1030. The van der Waals surface area contributed by atoms with Crippen molar-refractivity contribution in [1.82, 2.24) is 5.32 Å². The lowest BCUT2D eigenvalue weighted by Crippen LogP contribution is -2.53. The summed E-state index contributed by atoms with van der Waals surface area (Å²) in [5.74, 6) is 0.650. The molecule has 5 heteroatoms. The van der Waals surface area contributed by atoms with Crippen LogP contribution in [0.3, 0.4) is 0 Å². The Kier molecular flexibility index (Phi) is 6.13. The molecule has 0 unspecified atom stereocenters. The summed E-state index contributed by atoms with van der Waals surface area (Å²) in [5, 5.41) is 3.05. The smallest absolute Gasteiger partial charge is 0.351 e. The monoisotopic (exact) mass is 457 g/mol. The number of fused-ring (bicyclic) bond motifs is 3. The van der Waals surface area contributed by atoms with Crippen molar-refractivity contribution in [2.75, 3.05) is 6.54 Å². The van der Waals surface area contributed by atoms with Crippen LogP contribution in [0.25, 0.3) is 0 Å². The maximum Gasteiger partial charge on any atom is 0.416 e. The third kappa shape index (κ3) is 4.43. The Morgan fingerprint density at radius 2 is 1.79 bits per heavy atom. The molecule has 4 rings (SSSR count). The highest BCUT2D eigenvalue weighted by molar-refractivity contribution is 5.94. The largest absolute Gasteiger partial charge is 0.416 e. The van der Waals surface area contributed by atoms with E-state index in [1.165, 1.54) is 28.8 Å². The Morgan fingerprint density at radius 1 is 1.09 bits per heavy atom. The Balaban J connectivity index is 1.51. The van der Waals surface area contributed by atoms with Crippen LogP contribution in [0.5, 0.6) is 0 Å². The zero-order valence-corrected chi connectivity index (χ0v) is 20.0. The summed E-state index contributed by atoms with van der Waals surface area (Å²) in [6, 6.07) is 11.5. The van der Waals surface area contributed by atoms with Gasteiger partial charge in [-0.2, -0.15) is 13.2 Å². The summed E-state index contributed by atoms with van der Waals surface area (Å²) in [6.07, 6.45) is 1.04. The third-order valence-corrected chi connectivity index (χ3v) is 8.30. The van der Waals surface area contributed by atoms with Gasteiger partial charge in [0.15, 0.2) is 0 Å². The van der Waals surface area contributed by atoms with E-state index in [2.05, 4.69) is 51.2 Å². The fraction of sp³-hybridized carbons (Fsp3) is 0.536. The van der Waals surface area contributed by atoms with Crippen molar-refractivity contribution in [3.63, 3.8) is 0 Å². The van der Waals surface area contributed by atoms with Crippen molar-refractivity contribution in [3.05, 3.63) is 70.3 Å². The standard InChI is InChI=1S/C28H34F3NO/c1-18(2)20-8-12-23-21(16-20)9-13-24-26(3,14-5-15-27(23,24)4)17-32-25(33)19-6-10-22(11-7-19)28(29,30)31/h6-8,10-12,16,18,24H,5,9,13-15,17H2,1-4H3,(H,32,33)/t24-,26-,27+/m0/s1. The van der Waals surface area contributed by atoms with Crippen LogP contribution in [0, 0.1) is 11.3 Å². The second-order valence-corrected chi connectivity index (χ2v) is 10.8. The lowest BCUT2D eigenvalue weighted by molar-refractivity contribution is -0.137. The molecule has 33 heavy (non-hydrogen) atoms. The molecule has 178 valence electrons. The Morgan fingerprint density at radius 3 is 2.42 bits per heavy atom. The van der Waals surface area contributed by atoms with E-state index in [0.29, 0.717) is 18.4 Å². The van der Waals surface area contributed by atoms with Crippen LogP contribution in [0.2, 0.25) is 0 Å². The van der Waals surface area contributed by atoms with E-state index >= 15 is 0 Å². The molecule has 1 saturated carbocycles. The molecule has 2 aliphatic rings. The fourth-order valence-corrected chi connectivity index (χ4v) is 6.41. The van der Waals surface area contributed by atoms with Gasteiger partial charge in [0.1, 0.15) is 0 Å². The first-order valence-electron chi connectivity index (χ1n) is 12.0. The minimum Gasteiger partial charge on any atom is -0.351 e. The van der Waals surface area contributed by atoms with Crippen LogP contribution < -0.4 is 5.32 Å². The van der Waals surface area contributed by atoms with E-state index in [0.717, 1.165) is 44.2 Å². The van der Waals surface area contributed by atoms with E-state index in [1.54, 1.807) is 0 Å². The molecule has 0 heterocycles. The highest BCUT2D eigenvalue weighted by Crippen LogP contribution is 2.57. The summed E-state index contributed by atoms with van der Waals surface area (Å²) < 4.78 is 38.5. The molecule has 2 aliphatic carbocycles. The molecule has 0 spiro atoms. The summed E-state index contributed by atoms with van der Waals surface area (Å²) in [5.41, 5.74) is 3.87. The van der Waals surface area contributed by atoms with Crippen LogP contribution in [-0.4, -0.2) is 12.5 Å². The summed E-state index contributed by atoms with van der Waals surface area (Å²) >= 11 is 0. The summed E-state index contributed by atoms with van der Waals surface area (Å²) in [6.45, 7) is 9.65. The maximum absolute atomic E-state index is 12.8. The average Bonchev–Trinajstić information content (AvgIpc) is 2.76. The highest BCUT2D eigenvalue weighted by atomic mass is 19.4. The SMILES string of the molecule is CC(C)c1ccc2c(c1)CC[C@H]1[C@](C)(CNC(=O)c3ccc(C(F)(F)F)cc3)CCC[C@]21C. The molecule has 1 amide bonds. The van der Waals surface area contributed by atoms with Crippen molar-refractivity contribution >= 4 is 5.91 Å². The molecule has 0 radical (unpaired) electrons. The van der Waals surface area contributed by atoms with E-state index < -0.39 is 11.7 Å². The van der Waals surface area contributed by atoms with Crippen molar-refractivity contribution in [3.8, 4) is 0 Å². The molecule has 2 aromatic rings. The normalized spacial score (nSPS) is 27.1. The van der Waals surface area contributed by atoms with Crippen LogP contribution in [-0.2, 0) is 18.0 Å². The van der Waals surface area contributed by atoms with E-state index in [1.807, 2.05) is 0 Å². The molecule has 1 N–H and O–H groups in total. The van der Waals surface area contributed by atoms with Gasteiger partial charge in [0.25, 0.3) is 5.91 Å². The number of nitrogens with one attached hydrogen (secondary N) is 1. The molecular weight excluding hydrogens is 423 g/mol. The van der Waals surface area contributed by atoms with E-state index in [-0.39, 0.29) is 22.3 Å². The summed E-state index contributed by atoms with van der Waals surface area (Å²) in [4.78, 5) is 12.7. The number of benzene rings is 2. The molecule has 2 nitrogen and oxygen atoms in total. The first kappa shape index (κ1) is 23.8. The lowest BCUT2D eigenvalue weighted by atomic mass is 9.49. The van der Waals surface area contributed by atoms with Crippen LogP contribution in [0.15, 0.2) is 42.5 Å². The highest BCUT2D eigenvalue weighted by Gasteiger charge is 2.51. The van der Waals surface area contributed by atoms with Gasteiger partial charge in [0.2, 0.25) is 0 Å². The number of amides is 1. The maximum atomic E-state index is 12.8. The number of hydrogen-bond donors (Lipinski definition) is 1. The number of halogens is 3. The fourth-order valence-electron chi connectivity index (χ4n) is 6.41. The van der Waals surface area contributed by atoms with E-state index in [4.69, 9.17) is 0 Å². The molecule has 0 saturated heterocycles. The number of alkyl halides is 3. The Hall–Kier alpha value is -2.30. The molecular formula is C28H34F3NO. The predicted molar refractivity (Wildman–Crippen MR) is 125 cm³/mol. The van der Waals surface area contributed by atoms with Gasteiger partial charge in [-0.05, 0) is 89.3 Å². The van der Waals surface area contributed by atoms with Crippen LogP contribution >= 0.6 is 0 Å². The predicted octanol–water partition coefficient (Wildman–Crippen LogP) is 7.27. The minimum atomic E-state index is -4.40. The van der Waals surface area contributed by atoms with Gasteiger partial charge < -0.3 is 5.32 Å². The van der Waals surface area contributed by atoms with Crippen LogP contribution in [0.1, 0.15) is 91.9 Å². The number of hydrogen-bond acceptors (Lipinski definition) is 1. The van der Waals surface area contributed by atoms with Gasteiger partial charge in [-0.3, -0.25) is 4.79 Å². The van der Waals surface area contributed by atoms with Gasteiger partial charge in [-0.25, -0.2) is 0 Å². The summed E-state index contributed by atoms with van der Waals surface area (Å²) in [7, 11) is 0. The molecule has 0 bridgehead atoms. The molecule has 0 aliphatic heterocycles. The second-order valence-electron chi connectivity index (χ2n) is 10.8. The Labute approximate surface area is 195 Å². The number of rotatable bonds is 4. The second kappa shape index (κ2) is 8.48. The third-order valence-electron chi connectivity index (χ3n) is 8.30. The zero-order valence-electron chi connectivity index (χ0n) is 20.0. The lowest BCUT2D eigenvalue weighted by Gasteiger charge is -2.55. The van der Waals surface area contributed by atoms with Gasteiger partial charge >= 0.3 is 6.18 Å². The van der Waals surface area contributed by atoms with Crippen molar-refractivity contribution in [2.45, 2.75) is 77.3 Å². The number of aryl methyl sites for hydroxylation is 1. The molecule has 1 fully saturated rings. The molecule has 2 aromatic carbocycles. The van der Waals surface area contributed by atoms with Crippen molar-refractivity contribution in [2.24, 2.45) is 11.3 Å². The first-order chi connectivity index (χ1) is 15.4. The van der Waals surface area contributed by atoms with Crippen LogP contribution in [0.4, 0.5) is 13.2 Å². The number of carbonyl (C=O) groups excluding carboxylic acids is 1. The van der Waals surface area contributed by atoms with Gasteiger partial charge in [0, 0.05) is 12.1 Å². The number of carbonyl (C=O) groups is 1. The average molecular weight is 458 g/mol. The van der Waals surface area contributed by atoms with E-state index in [9.17, 15) is 18.0 Å². The molecule has 0 aromatic heterocycles. The topological polar surface area (TPSA) is 29.1 Å². The van der Waals surface area contributed by atoms with Gasteiger partial charge in [-0.1, -0.05) is 52.3 Å². The molecule has 3 atom stereocenters. The van der Waals surface area contributed by atoms with Crippen molar-refractivity contribution in [1.29, 1.82) is 0 Å². The minimum absolute atomic E-state index is 0.0526. The quantitative estimate of drug-likeness (QED) is 0.514.